The second kappa shape index (κ2) is 8.26. The standard InChI is InChI=1S/C16H19F3N4O2S.ClH/c1-26(24,25)22-8-11-3-2-6-23(9-11)15-13-7-12(16(17,18)19)4-5-14(13)20-10-21-15;/h4-5,7,10-11,22H,2-3,6,8-9H2,1H3;1H. The number of nitrogens with zero attached hydrogens (tertiary/aromatic N) is 2. The molecule has 0 spiro atoms. The minimum atomic E-state index is -4.43. The van der Waals surface area contributed by atoms with Gasteiger partial charge in [0.05, 0.1) is 35.8 Å². The van der Waals surface area contributed by atoms with Crippen molar-refractivity contribution in [2.45, 2.75) is 19.0 Å². The fraction of sp³-hybridized carbons (Fsp3) is 0.500. The molecule has 27 heavy (non-hydrogen) atoms. The van der Waals surface area contributed by atoms with E-state index in [0.29, 0.717) is 29.8 Å². The van der Waals surface area contributed by atoms with Crippen LogP contribution in [0.15, 0.2) is 24.5 Å². The van der Waals surface area contributed by atoms with E-state index < -0.39 is 21.8 Å². The molecule has 1 aromatic carbocycles. The lowest BCUT2D eigenvalue weighted by atomic mass is 9.98. The summed E-state index contributed by atoms with van der Waals surface area (Å²) in [5.74, 6) is 0.634. The zero-order chi connectivity index (χ0) is 18.9. The fourth-order valence-electron chi connectivity index (χ4n) is 3.33. The Balaban J connectivity index is 0.00000261. The summed E-state index contributed by atoms with van der Waals surface area (Å²) >= 11 is 0. The zero-order valence-electron chi connectivity index (χ0n) is 14.6. The third kappa shape index (κ3) is 5.50. The van der Waals surface area contributed by atoms with Gasteiger partial charge >= 0.3 is 6.18 Å². The number of fused-ring (bicyclic) bond motifs is 1. The quantitative estimate of drug-likeness (QED) is 0.603. The van der Waals surface area contributed by atoms with Crippen LogP contribution in [0, 0.1) is 5.92 Å². The van der Waals surface area contributed by atoms with Crippen molar-refractivity contribution in [2.24, 2.45) is 5.92 Å². The van der Waals surface area contributed by atoms with Crippen molar-refractivity contribution in [1.82, 2.24) is 14.7 Å². The van der Waals surface area contributed by atoms with Crippen molar-refractivity contribution in [3.8, 4) is 0 Å². The number of benzene rings is 1. The lowest BCUT2D eigenvalue weighted by Gasteiger charge is -2.29. The highest BCUT2D eigenvalue weighted by Gasteiger charge is 2.32. The van der Waals surface area contributed by atoms with Gasteiger partial charge in [-0.25, -0.2) is 18.1 Å². The van der Waals surface area contributed by atoms with Crippen molar-refractivity contribution >= 4 is 26.7 Å². The van der Waals surface area contributed by atoms with E-state index in [9.17, 15) is 21.6 Å². The molecule has 1 aromatic heterocycles. The number of sulfonamides is 1. The summed E-state index contributed by atoms with van der Waals surface area (Å²) in [6, 6.07) is 3.47. The Morgan fingerprint density at radius 3 is 2.70 bits per heavy atom. The van der Waals surface area contributed by atoms with Gasteiger partial charge in [-0.2, -0.15) is 18.2 Å². The Kier molecular flexibility index (Phi) is 6.67. The molecule has 2 unspecified atom stereocenters. The molecular formula is C16H20ClF3N4O2S. The summed E-state index contributed by atoms with van der Waals surface area (Å²) < 4.78 is 64.2. The molecule has 0 saturated carbocycles. The van der Waals surface area contributed by atoms with Gasteiger partial charge in [0.1, 0.15) is 6.33 Å². The van der Waals surface area contributed by atoms with Crippen LogP contribution in [0.1, 0.15) is 18.4 Å². The van der Waals surface area contributed by atoms with Gasteiger partial charge in [0, 0.05) is 12.5 Å². The number of nitrogens with one attached hydrogen (secondary N) is 2. The predicted molar refractivity (Wildman–Crippen MR) is 90.5 cm³/mol. The lowest BCUT2D eigenvalue weighted by Crippen LogP contribution is -3.09. The zero-order valence-corrected chi connectivity index (χ0v) is 16.1. The van der Waals surface area contributed by atoms with Crippen molar-refractivity contribution < 1.29 is 38.9 Å². The van der Waals surface area contributed by atoms with Crippen LogP contribution in [0.2, 0.25) is 0 Å². The molecule has 2 heterocycles. The highest BCUT2D eigenvalue weighted by Crippen LogP contribution is 2.32. The second-order valence-corrected chi connectivity index (χ2v) is 8.47. The summed E-state index contributed by atoms with van der Waals surface area (Å²) in [4.78, 5) is 9.25. The van der Waals surface area contributed by atoms with Crippen LogP contribution in [-0.4, -0.2) is 44.3 Å². The van der Waals surface area contributed by atoms with Crippen LogP contribution in [0.5, 0.6) is 0 Å². The van der Waals surface area contributed by atoms with E-state index in [0.717, 1.165) is 42.7 Å². The third-order valence-electron chi connectivity index (χ3n) is 4.56. The first-order valence-electron chi connectivity index (χ1n) is 8.25. The van der Waals surface area contributed by atoms with Crippen LogP contribution in [0.3, 0.4) is 0 Å². The molecule has 3 rings (SSSR count). The molecule has 0 amide bonds. The first-order valence-corrected chi connectivity index (χ1v) is 10.1. The number of halogens is 4. The maximum absolute atomic E-state index is 13.1. The van der Waals surface area contributed by atoms with Gasteiger partial charge in [-0.1, -0.05) is 0 Å². The van der Waals surface area contributed by atoms with E-state index in [2.05, 4.69) is 14.7 Å². The monoisotopic (exact) mass is 424 g/mol. The van der Waals surface area contributed by atoms with E-state index in [1.165, 1.54) is 12.4 Å². The molecule has 2 atom stereocenters. The summed E-state index contributed by atoms with van der Waals surface area (Å²) in [5.41, 5.74) is -0.264. The minimum Gasteiger partial charge on any atom is -1.00 e. The topological polar surface area (TPSA) is 76.4 Å². The molecule has 150 valence electrons. The van der Waals surface area contributed by atoms with Gasteiger partial charge in [-0.3, -0.25) is 4.90 Å². The van der Waals surface area contributed by atoms with Crippen LogP contribution < -0.4 is 22.0 Å². The normalized spacial score (nSPS) is 21.0. The van der Waals surface area contributed by atoms with Gasteiger partial charge in [-0.05, 0) is 31.0 Å². The SMILES string of the molecule is CS(=O)(=O)NCC1CCC[NH+](c2ncnc3ccc(C(F)(F)F)cc23)C1.[Cl-]. The van der Waals surface area contributed by atoms with Crippen LogP contribution in [-0.2, 0) is 16.2 Å². The first kappa shape index (κ1) is 21.8. The fourth-order valence-corrected chi connectivity index (χ4v) is 3.87. The smallest absolute Gasteiger partial charge is 0.416 e. The predicted octanol–water partition coefficient (Wildman–Crippen LogP) is -1.87. The van der Waals surface area contributed by atoms with Gasteiger partial charge in [-0.15, -0.1) is 0 Å². The minimum absolute atomic E-state index is 0. The molecule has 2 N–H and O–H groups in total. The lowest BCUT2D eigenvalue weighted by molar-refractivity contribution is -0.844. The molecular weight excluding hydrogens is 405 g/mol. The van der Waals surface area contributed by atoms with E-state index >= 15 is 0 Å². The van der Waals surface area contributed by atoms with Gasteiger partial charge < -0.3 is 12.4 Å². The summed E-state index contributed by atoms with van der Waals surface area (Å²) in [6.45, 7) is 1.65. The van der Waals surface area contributed by atoms with E-state index in [1.807, 2.05) is 0 Å². The van der Waals surface area contributed by atoms with Crippen molar-refractivity contribution in [1.29, 1.82) is 0 Å². The molecule has 1 fully saturated rings. The molecule has 0 aliphatic carbocycles. The molecule has 1 saturated heterocycles. The summed E-state index contributed by atoms with van der Waals surface area (Å²) in [7, 11) is -3.27. The van der Waals surface area contributed by atoms with Crippen LogP contribution >= 0.6 is 0 Å². The first-order chi connectivity index (χ1) is 12.1. The number of quaternary nitrogens is 1. The molecule has 0 radical (unpaired) electrons. The summed E-state index contributed by atoms with van der Waals surface area (Å²) in [5, 5.41) is 0.383. The Morgan fingerprint density at radius 2 is 2.04 bits per heavy atom. The van der Waals surface area contributed by atoms with Gasteiger partial charge in [0.25, 0.3) is 0 Å². The Hall–Kier alpha value is -1.49. The average Bonchev–Trinajstić information content (AvgIpc) is 2.58. The van der Waals surface area contributed by atoms with Crippen LogP contribution in [0.25, 0.3) is 10.9 Å². The van der Waals surface area contributed by atoms with Crippen LogP contribution in [0.4, 0.5) is 19.0 Å². The number of hydrogen-bond donors (Lipinski definition) is 2. The van der Waals surface area contributed by atoms with Crippen molar-refractivity contribution in [2.75, 3.05) is 25.9 Å². The van der Waals surface area contributed by atoms with E-state index in [1.54, 1.807) is 0 Å². The molecule has 1 aliphatic heterocycles. The highest BCUT2D eigenvalue weighted by atomic mass is 35.5. The molecule has 0 bridgehead atoms. The third-order valence-corrected chi connectivity index (χ3v) is 5.25. The van der Waals surface area contributed by atoms with E-state index in [4.69, 9.17) is 0 Å². The van der Waals surface area contributed by atoms with Crippen molar-refractivity contribution in [3.63, 3.8) is 0 Å². The number of rotatable bonds is 4. The molecule has 2 aromatic rings. The number of aromatic nitrogens is 2. The Labute approximate surface area is 161 Å². The largest absolute Gasteiger partial charge is 1.00 e. The van der Waals surface area contributed by atoms with Gasteiger partial charge in [0.15, 0.2) is 0 Å². The van der Waals surface area contributed by atoms with Gasteiger partial charge in [0.2, 0.25) is 15.8 Å². The Bertz CT molecular complexity index is 908. The number of hydrogen-bond acceptors (Lipinski definition) is 4. The molecule has 1 aliphatic rings. The number of piperidine rings is 1. The molecule has 11 heteroatoms. The number of alkyl halides is 3. The van der Waals surface area contributed by atoms with E-state index in [-0.39, 0.29) is 18.3 Å². The summed E-state index contributed by atoms with van der Waals surface area (Å²) in [6.07, 6.45) is -0.257. The average molecular weight is 425 g/mol. The van der Waals surface area contributed by atoms with Crippen molar-refractivity contribution in [3.05, 3.63) is 30.1 Å². The Morgan fingerprint density at radius 1 is 1.30 bits per heavy atom. The second-order valence-electron chi connectivity index (χ2n) is 6.64. The maximum atomic E-state index is 13.1. The maximum Gasteiger partial charge on any atom is 0.416 e. The highest BCUT2D eigenvalue weighted by molar-refractivity contribution is 7.88. The molecule has 6 nitrogen and oxygen atoms in total.